The van der Waals surface area contributed by atoms with Crippen molar-refractivity contribution in [3.05, 3.63) is 30.6 Å². The van der Waals surface area contributed by atoms with E-state index in [-0.39, 0.29) is 6.61 Å². The van der Waals surface area contributed by atoms with Gasteiger partial charge in [-0.05, 0) is 31.5 Å². The first-order valence-corrected chi connectivity index (χ1v) is 8.58. The van der Waals surface area contributed by atoms with Gasteiger partial charge in [-0.3, -0.25) is 4.90 Å². The first-order valence-electron chi connectivity index (χ1n) is 8.58. The number of aliphatic hydroxyl groups is 1. The van der Waals surface area contributed by atoms with Crippen LogP contribution in [0.5, 0.6) is 0 Å². The Morgan fingerprint density at radius 1 is 1.25 bits per heavy atom. The number of likely N-dealkylation sites (tertiary alicyclic amines) is 1. The maximum Gasteiger partial charge on any atom is 0.196 e. The van der Waals surface area contributed by atoms with E-state index in [9.17, 15) is 5.11 Å². The molecular weight excluding hydrogens is 304 g/mol. The van der Waals surface area contributed by atoms with Gasteiger partial charge in [0.1, 0.15) is 17.4 Å². The highest BCUT2D eigenvalue weighted by atomic mass is 16.3. The molecule has 2 N–H and O–H groups in total. The molecule has 0 radical (unpaired) electrons. The molecule has 0 bridgehead atoms. The SMILES string of the molecule is OCCN1CCCCC1CNc1ncnc2c1oc1ccccc12. The molecular formula is C18H22N4O2. The molecule has 0 spiro atoms. The zero-order chi connectivity index (χ0) is 16.4. The number of aliphatic hydroxyl groups excluding tert-OH is 1. The van der Waals surface area contributed by atoms with Crippen LogP contribution in [0.2, 0.25) is 0 Å². The summed E-state index contributed by atoms with van der Waals surface area (Å²) >= 11 is 0. The van der Waals surface area contributed by atoms with Crippen molar-refractivity contribution in [3.63, 3.8) is 0 Å². The Hall–Kier alpha value is -2.18. The van der Waals surface area contributed by atoms with E-state index in [0.717, 1.165) is 48.4 Å². The van der Waals surface area contributed by atoms with Crippen molar-refractivity contribution in [1.29, 1.82) is 0 Å². The largest absolute Gasteiger partial charge is 0.450 e. The van der Waals surface area contributed by atoms with E-state index in [1.54, 1.807) is 6.33 Å². The second-order valence-electron chi connectivity index (χ2n) is 6.29. The lowest BCUT2D eigenvalue weighted by atomic mass is 10.0. The fraction of sp³-hybridized carbons (Fsp3) is 0.444. The number of piperidine rings is 1. The number of benzene rings is 1. The van der Waals surface area contributed by atoms with Crippen LogP contribution in [0.25, 0.3) is 22.1 Å². The lowest BCUT2D eigenvalue weighted by Crippen LogP contribution is -2.44. The molecule has 2 aromatic heterocycles. The number of hydrogen-bond donors (Lipinski definition) is 2. The molecule has 3 aromatic rings. The molecule has 0 amide bonds. The van der Waals surface area contributed by atoms with Crippen molar-refractivity contribution in [2.45, 2.75) is 25.3 Å². The lowest BCUT2D eigenvalue weighted by Gasteiger charge is -2.35. The number of β-amino-alcohol motifs (C(OH)–C–C–N with tert-alkyl or cyclic N) is 1. The van der Waals surface area contributed by atoms with Crippen LogP contribution >= 0.6 is 0 Å². The van der Waals surface area contributed by atoms with Gasteiger partial charge in [-0.1, -0.05) is 18.6 Å². The van der Waals surface area contributed by atoms with Crippen LogP contribution in [0.4, 0.5) is 5.82 Å². The lowest BCUT2D eigenvalue weighted by molar-refractivity contribution is 0.123. The maximum atomic E-state index is 9.25. The average Bonchev–Trinajstić information content (AvgIpc) is 3.01. The normalized spacial score (nSPS) is 19.1. The standard InChI is InChI=1S/C18H22N4O2/c23-10-9-22-8-4-3-5-13(22)11-19-18-17-16(20-12-21-18)14-6-1-2-7-15(14)24-17/h1-2,6-7,12-13,23H,3-5,8-11H2,(H,19,20,21). The molecule has 24 heavy (non-hydrogen) atoms. The highest BCUT2D eigenvalue weighted by Gasteiger charge is 2.22. The average molecular weight is 326 g/mol. The molecule has 6 nitrogen and oxygen atoms in total. The molecule has 126 valence electrons. The third-order valence-corrected chi connectivity index (χ3v) is 4.80. The van der Waals surface area contributed by atoms with Crippen LogP contribution in [0.3, 0.4) is 0 Å². The van der Waals surface area contributed by atoms with E-state index >= 15 is 0 Å². The molecule has 3 heterocycles. The predicted molar refractivity (Wildman–Crippen MR) is 94.1 cm³/mol. The number of anilines is 1. The minimum Gasteiger partial charge on any atom is -0.450 e. The summed E-state index contributed by atoms with van der Waals surface area (Å²) in [6, 6.07) is 8.33. The summed E-state index contributed by atoms with van der Waals surface area (Å²) in [5, 5.41) is 13.7. The van der Waals surface area contributed by atoms with Crippen LogP contribution in [-0.2, 0) is 0 Å². The molecule has 4 rings (SSSR count). The van der Waals surface area contributed by atoms with Gasteiger partial charge in [-0.25, -0.2) is 9.97 Å². The van der Waals surface area contributed by atoms with Gasteiger partial charge in [-0.2, -0.15) is 0 Å². The maximum absolute atomic E-state index is 9.25. The van der Waals surface area contributed by atoms with Gasteiger partial charge in [0.05, 0.1) is 6.61 Å². The highest BCUT2D eigenvalue weighted by molar-refractivity contribution is 6.05. The van der Waals surface area contributed by atoms with E-state index in [1.807, 2.05) is 24.3 Å². The van der Waals surface area contributed by atoms with Crippen molar-refractivity contribution in [3.8, 4) is 0 Å². The molecule has 1 atom stereocenters. The number of aromatic nitrogens is 2. The molecule has 1 fully saturated rings. The van der Waals surface area contributed by atoms with E-state index in [0.29, 0.717) is 11.6 Å². The van der Waals surface area contributed by atoms with Gasteiger partial charge in [0.25, 0.3) is 0 Å². The van der Waals surface area contributed by atoms with Gasteiger partial charge in [-0.15, -0.1) is 0 Å². The van der Waals surface area contributed by atoms with Gasteiger partial charge >= 0.3 is 0 Å². The zero-order valence-corrected chi connectivity index (χ0v) is 13.6. The molecule has 0 saturated carbocycles. The smallest absolute Gasteiger partial charge is 0.196 e. The summed E-state index contributed by atoms with van der Waals surface area (Å²) in [7, 11) is 0. The van der Waals surface area contributed by atoms with Crippen LogP contribution in [0.1, 0.15) is 19.3 Å². The number of nitrogens with zero attached hydrogens (tertiary/aromatic N) is 3. The summed E-state index contributed by atoms with van der Waals surface area (Å²) in [5.74, 6) is 0.741. The molecule has 1 aromatic carbocycles. The van der Waals surface area contributed by atoms with Crippen molar-refractivity contribution >= 4 is 27.9 Å². The van der Waals surface area contributed by atoms with Gasteiger partial charge in [0.15, 0.2) is 11.4 Å². The molecule has 1 saturated heterocycles. The quantitative estimate of drug-likeness (QED) is 0.751. The van der Waals surface area contributed by atoms with Gasteiger partial charge in [0.2, 0.25) is 0 Å². The minimum absolute atomic E-state index is 0.206. The number of furan rings is 1. The number of para-hydroxylation sites is 1. The number of hydrogen-bond acceptors (Lipinski definition) is 6. The highest BCUT2D eigenvalue weighted by Crippen LogP contribution is 2.30. The summed E-state index contributed by atoms with van der Waals surface area (Å²) in [6.07, 6.45) is 5.16. The summed E-state index contributed by atoms with van der Waals surface area (Å²) in [6.45, 7) is 2.79. The van der Waals surface area contributed by atoms with Crippen molar-refractivity contribution in [2.24, 2.45) is 0 Å². The Bertz CT molecular complexity index is 830. The van der Waals surface area contributed by atoms with Gasteiger partial charge in [0, 0.05) is 24.5 Å². The topological polar surface area (TPSA) is 74.4 Å². The molecule has 1 aliphatic heterocycles. The fourth-order valence-electron chi connectivity index (χ4n) is 3.58. The molecule has 1 unspecified atom stereocenters. The number of fused-ring (bicyclic) bond motifs is 3. The molecule has 0 aliphatic carbocycles. The van der Waals surface area contributed by atoms with E-state index in [4.69, 9.17) is 4.42 Å². The Balaban J connectivity index is 1.58. The molecule has 6 heteroatoms. The van der Waals surface area contributed by atoms with Crippen LogP contribution in [0, 0.1) is 0 Å². The van der Waals surface area contributed by atoms with Crippen molar-refractivity contribution in [2.75, 3.05) is 31.6 Å². The monoisotopic (exact) mass is 326 g/mol. The second kappa shape index (κ2) is 6.75. The summed E-state index contributed by atoms with van der Waals surface area (Å²) in [5.41, 5.74) is 2.39. The van der Waals surface area contributed by atoms with Crippen molar-refractivity contribution in [1.82, 2.24) is 14.9 Å². The zero-order valence-electron chi connectivity index (χ0n) is 13.6. The molecule has 1 aliphatic rings. The van der Waals surface area contributed by atoms with Crippen LogP contribution < -0.4 is 5.32 Å². The minimum atomic E-state index is 0.206. The van der Waals surface area contributed by atoms with Gasteiger partial charge < -0.3 is 14.8 Å². The van der Waals surface area contributed by atoms with E-state index in [2.05, 4.69) is 20.2 Å². The van der Waals surface area contributed by atoms with Crippen molar-refractivity contribution < 1.29 is 9.52 Å². The van der Waals surface area contributed by atoms with E-state index in [1.165, 1.54) is 12.8 Å². The Morgan fingerprint density at radius 2 is 2.17 bits per heavy atom. The van der Waals surface area contributed by atoms with E-state index < -0.39 is 0 Å². The van der Waals surface area contributed by atoms with Crippen LogP contribution in [-0.4, -0.2) is 52.3 Å². The fourth-order valence-corrected chi connectivity index (χ4v) is 3.58. The Morgan fingerprint density at radius 3 is 3.08 bits per heavy atom. The Kier molecular flexibility index (Phi) is 4.32. The summed E-state index contributed by atoms with van der Waals surface area (Å²) < 4.78 is 5.96. The first-order chi connectivity index (χ1) is 11.9. The first kappa shape index (κ1) is 15.4. The summed E-state index contributed by atoms with van der Waals surface area (Å²) in [4.78, 5) is 11.1. The Labute approximate surface area is 140 Å². The van der Waals surface area contributed by atoms with Crippen LogP contribution in [0.15, 0.2) is 35.0 Å². The predicted octanol–water partition coefficient (Wildman–Crippen LogP) is 2.63. The second-order valence-corrected chi connectivity index (χ2v) is 6.29. The third kappa shape index (κ3) is 2.83. The number of nitrogens with one attached hydrogen (secondary N) is 1. The number of rotatable bonds is 5. The third-order valence-electron chi connectivity index (χ3n) is 4.80.